The van der Waals surface area contributed by atoms with Gasteiger partial charge in [0.2, 0.25) is 5.91 Å². The van der Waals surface area contributed by atoms with Crippen LogP contribution in [0.1, 0.15) is 13.8 Å². The summed E-state index contributed by atoms with van der Waals surface area (Å²) in [7, 11) is 0. The quantitative estimate of drug-likeness (QED) is 0.651. The predicted octanol–water partition coefficient (Wildman–Crippen LogP) is 0.163. The first-order valence-corrected chi connectivity index (χ1v) is 4.92. The van der Waals surface area contributed by atoms with Crippen LogP contribution in [0.25, 0.3) is 0 Å². The zero-order valence-electron chi connectivity index (χ0n) is 9.43. The predicted molar refractivity (Wildman–Crippen MR) is 58.2 cm³/mol. The number of carbonyl (C=O) groups excluding carboxylic acids is 1. The SMILES string of the molecule is CC(=O)NC1(C(=O)O)C=CC=C(C)C1C(=O)O. The van der Waals surface area contributed by atoms with Crippen molar-refractivity contribution in [2.45, 2.75) is 19.4 Å². The van der Waals surface area contributed by atoms with Gasteiger partial charge in [0.25, 0.3) is 0 Å². The Morgan fingerprint density at radius 1 is 1.35 bits per heavy atom. The van der Waals surface area contributed by atoms with E-state index in [1.165, 1.54) is 25.2 Å². The van der Waals surface area contributed by atoms with Crippen LogP contribution in [-0.2, 0) is 14.4 Å². The van der Waals surface area contributed by atoms with Crippen molar-refractivity contribution < 1.29 is 24.6 Å². The van der Waals surface area contributed by atoms with Crippen molar-refractivity contribution in [1.29, 1.82) is 0 Å². The van der Waals surface area contributed by atoms with Crippen LogP contribution in [0, 0.1) is 5.92 Å². The highest BCUT2D eigenvalue weighted by Gasteiger charge is 2.50. The minimum absolute atomic E-state index is 0.371. The molecule has 0 heterocycles. The van der Waals surface area contributed by atoms with Crippen molar-refractivity contribution in [2.75, 3.05) is 0 Å². The molecule has 0 aliphatic heterocycles. The van der Waals surface area contributed by atoms with Crippen LogP contribution in [0.3, 0.4) is 0 Å². The molecule has 1 rings (SSSR count). The van der Waals surface area contributed by atoms with Gasteiger partial charge >= 0.3 is 11.9 Å². The maximum atomic E-state index is 11.3. The van der Waals surface area contributed by atoms with Gasteiger partial charge in [0.1, 0.15) is 5.92 Å². The van der Waals surface area contributed by atoms with Crippen molar-refractivity contribution >= 4 is 17.8 Å². The van der Waals surface area contributed by atoms with Gasteiger partial charge in [-0.1, -0.05) is 17.7 Å². The molecule has 3 N–H and O–H groups in total. The van der Waals surface area contributed by atoms with Gasteiger partial charge in [-0.05, 0) is 13.0 Å². The Kier molecular flexibility index (Phi) is 3.36. The van der Waals surface area contributed by atoms with Gasteiger partial charge in [0, 0.05) is 6.92 Å². The maximum Gasteiger partial charge on any atom is 0.334 e. The molecule has 0 aromatic rings. The van der Waals surface area contributed by atoms with Gasteiger partial charge in [-0.15, -0.1) is 0 Å². The van der Waals surface area contributed by atoms with Gasteiger partial charge in [0.15, 0.2) is 5.54 Å². The summed E-state index contributed by atoms with van der Waals surface area (Å²) in [5.74, 6) is -4.60. The van der Waals surface area contributed by atoms with E-state index in [4.69, 9.17) is 5.11 Å². The molecule has 0 bridgehead atoms. The van der Waals surface area contributed by atoms with Crippen molar-refractivity contribution in [3.63, 3.8) is 0 Å². The molecule has 0 radical (unpaired) electrons. The molecule has 1 aliphatic rings. The van der Waals surface area contributed by atoms with Gasteiger partial charge in [-0.3, -0.25) is 9.59 Å². The molecule has 0 saturated carbocycles. The molecule has 0 fully saturated rings. The summed E-state index contributed by atoms with van der Waals surface area (Å²) in [4.78, 5) is 33.6. The Bertz CT molecular complexity index is 437. The number of carbonyl (C=O) groups is 3. The molecular formula is C11H13NO5. The van der Waals surface area contributed by atoms with E-state index in [9.17, 15) is 19.5 Å². The van der Waals surface area contributed by atoms with E-state index >= 15 is 0 Å². The van der Waals surface area contributed by atoms with Crippen LogP contribution in [0.15, 0.2) is 23.8 Å². The summed E-state index contributed by atoms with van der Waals surface area (Å²) in [5, 5.41) is 20.5. The summed E-state index contributed by atoms with van der Waals surface area (Å²) < 4.78 is 0. The highest BCUT2D eigenvalue weighted by atomic mass is 16.4. The first-order chi connectivity index (χ1) is 7.81. The van der Waals surface area contributed by atoms with Crippen LogP contribution in [0.2, 0.25) is 0 Å². The number of rotatable bonds is 3. The topological polar surface area (TPSA) is 104 Å². The first kappa shape index (κ1) is 13.0. The van der Waals surface area contributed by atoms with Crippen molar-refractivity contribution in [3.05, 3.63) is 23.8 Å². The molecule has 6 nitrogen and oxygen atoms in total. The Labute approximate surface area is 97.6 Å². The molecule has 1 amide bonds. The van der Waals surface area contributed by atoms with Crippen molar-refractivity contribution in [3.8, 4) is 0 Å². The molecule has 0 aromatic carbocycles. The van der Waals surface area contributed by atoms with E-state index in [2.05, 4.69) is 5.32 Å². The molecule has 0 aromatic heterocycles. The molecule has 17 heavy (non-hydrogen) atoms. The lowest BCUT2D eigenvalue weighted by Gasteiger charge is -2.35. The second-order valence-electron chi connectivity index (χ2n) is 3.90. The molecule has 0 saturated heterocycles. The number of nitrogens with one attached hydrogen (secondary N) is 1. The summed E-state index contributed by atoms with van der Waals surface area (Å²) in [6.07, 6.45) is 4.13. The second-order valence-corrected chi connectivity index (χ2v) is 3.90. The molecule has 2 unspecified atom stereocenters. The summed E-state index contributed by atoms with van der Waals surface area (Å²) in [6.45, 7) is 2.66. The van der Waals surface area contributed by atoms with Gasteiger partial charge in [-0.2, -0.15) is 0 Å². The van der Waals surface area contributed by atoms with Crippen LogP contribution in [-0.4, -0.2) is 33.6 Å². The Hall–Kier alpha value is -2.11. The van der Waals surface area contributed by atoms with Gasteiger partial charge < -0.3 is 15.5 Å². The number of allylic oxidation sites excluding steroid dienone is 2. The summed E-state index contributed by atoms with van der Waals surface area (Å²) in [5.41, 5.74) is -1.55. The molecule has 1 aliphatic carbocycles. The fourth-order valence-corrected chi connectivity index (χ4v) is 1.95. The molecule has 92 valence electrons. The van der Waals surface area contributed by atoms with Gasteiger partial charge in [0.05, 0.1) is 0 Å². The highest BCUT2D eigenvalue weighted by molar-refractivity contribution is 5.95. The molecule has 2 atom stereocenters. The fourth-order valence-electron chi connectivity index (χ4n) is 1.95. The Balaban J connectivity index is 3.32. The van der Waals surface area contributed by atoms with Crippen molar-refractivity contribution in [1.82, 2.24) is 5.32 Å². The average Bonchev–Trinajstić information content (AvgIpc) is 2.15. The maximum absolute atomic E-state index is 11.3. The third-order valence-corrected chi connectivity index (χ3v) is 2.61. The average molecular weight is 239 g/mol. The van der Waals surface area contributed by atoms with E-state index in [1.54, 1.807) is 0 Å². The van der Waals surface area contributed by atoms with Crippen molar-refractivity contribution in [2.24, 2.45) is 5.92 Å². The minimum Gasteiger partial charge on any atom is -0.481 e. The monoisotopic (exact) mass is 239 g/mol. The number of hydrogen-bond acceptors (Lipinski definition) is 3. The third-order valence-electron chi connectivity index (χ3n) is 2.61. The fraction of sp³-hybridized carbons (Fsp3) is 0.364. The molecule has 0 spiro atoms. The first-order valence-electron chi connectivity index (χ1n) is 4.92. The molecule has 6 heteroatoms. The number of hydrogen-bond donors (Lipinski definition) is 3. The van der Waals surface area contributed by atoms with E-state index < -0.39 is 29.3 Å². The lowest BCUT2D eigenvalue weighted by molar-refractivity contribution is -0.154. The number of carboxylic acid groups (broad SMARTS) is 2. The molecular weight excluding hydrogens is 226 g/mol. The lowest BCUT2D eigenvalue weighted by Crippen LogP contribution is -2.60. The lowest BCUT2D eigenvalue weighted by atomic mass is 9.76. The third kappa shape index (κ3) is 2.20. The zero-order valence-corrected chi connectivity index (χ0v) is 9.43. The van der Waals surface area contributed by atoms with Crippen LogP contribution in [0.4, 0.5) is 0 Å². The largest absolute Gasteiger partial charge is 0.481 e. The van der Waals surface area contributed by atoms with E-state index in [0.717, 1.165) is 6.92 Å². The van der Waals surface area contributed by atoms with E-state index in [-0.39, 0.29) is 0 Å². The number of amides is 1. The normalized spacial score (nSPS) is 27.2. The van der Waals surface area contributed by atoms with Crippen LogP contribution >= 0.6 is 0 Å². The summed E-state index contributed by atoms with van der Waals surface area (Å²) >= 11 is 0. The smallest absolute Gasteiger partial charge is 0.334 e. The minimum atomic E-state index is -1.92. The Morgan fingerprint density at radius 3 is 2.35 bits per heavy atom. The number of aliphatic carboxylic acids is 2. The second kappa shape index (κ2) is 4.40. The summed E-state index contributed by atoms with van der Waals surface area (Å²) in [6, 6.07) is 0. The Morgan fingerprint density at radius 2 is 1.94 bits per heavy atom. The highest BCUT2D eigenvalue weighted by Crippen LogP contribution is 2.31. The zero-order chi connectivity index (χ0) is 13.2. The van der Waals surface area contributed by atoms with E-state index in [1.807, 2.05) is 0 Å². The van der Waals surface area contributed by atoms with Crippen LogP contribution < -0.4 is 5.32 Å². The standard InChI is InChI=1S/C11H13NO5/c1-6-4-3-5-11(10(16)17,12-7(2)13)8(6)9(14)15/h3-5,8H,1-2H3,(H,12,13)(H,14,15)(H,16,17). The van der Waals surface area contributed by atoms with Crippen LogP contribution in [0.5, 0.6) is 0 Å². The van der Waals surface area contributed by atoms with Gasteiger partial charge in [-0.25, -0.2) is 4.79 Å². The van der Waals surface area contributed by atoms with E-state index in [0.29, 0.717) is 5.57 Å². The number of carboxylic acids is 2.